The molecule has 2 unspecified atom stereocenters. The van der Waals surface area contributed by atoms with Gasteiger partial charge in [-0.2, -0.15) is 0 Å². The quantitative estimate of drug-likeness (QED) is 0.826. The summed E-state index contributed by atoms with van der Waals surface area (Å²) in [6.45, 7) is 3.14. The molecule has 4 aliphatic rings. The van der Waals surface area contributed by atoms with Crippen molar-refractivity contribution in [2.24, 2.45) is 5.92 Å². The lowest BCUT2D eigenvalue weighted by molar-refractivity contribution is -0.125. The maximum absolute atomic E-state index is 13.4. The highest BCUT2D eigenvalue weighted by Crippen LogP contribution is 2.53. The van der Waals surface area contributed by atoms with E-state index in [1.807, 2.05) is 0 Å². The predicted octanol–water partition coefficient (Wildman–Crippen LogP) is 4.71. The van der Waals surface area contributed by atoms with Gasteiger partial charge in [0.1, 0.15) is 0 Å². The van der Waals surface area contributed by atoms with Crippen LogP contribution in [0, 0.1) is 5.92 Å². The van der Waals surface area contributed by atoms with Crippen LogP contribution in [0.1, 0.15) is 61.5 Å². The summed E-state index contributed by atoms with van der Waals surface area (Å²) in [4.78, 5) is 16.2. The predicted molar refractivity (Wildman–Crippen MR) is 117 cm³/mol. The van der Waals surface area contributed by atoms with Crippen LogP contribution < -0.4 is 5.32 Å². The van der Waals surface area contributed by atoms with E-state index in [0.29, 0.717) is 0 Å². The average Bonchev–Trinajstić information content (AvgIpc) is 3.20. The molecule has 2 aromatic rings. The van der Waals surface area contributed by atoms with Crippen molar-refractivity contribution in [2.75, 3.05) is 19.6 Å². The number of rotatable bonds is 3. The van der Waals surface area contributed by atoms with Crippen LogP contribution in [0.25, 0.3) is 0 Å². The number of fused-ring (bicyclic) bond motifs is 4. The lowest BCUT2D eigenvalue weighted by atomic mass is 9.61. The second kappa shape index (κ2) is 7.95. The number of benzene rings is 2. The van der Waals surface area contributed by atoms with Gasteiger partial charge in [0.15, 0.2) is 0 Å². The Morgan fingerprint density at radius 2 is 1.28 bits per heavy atom. The standard InChI is InChI=1S/C26H32N2O/c29-25-24-22(20-11-5-3-6-12-20)17-26(19-27-25,28-15-9-1-2-10-16-28)18-23(24)21-13-7-4-8-14-21/h3-8,11-14,22-24H,1-2,9-10,15-19H2,(H,27,29). The molecule has 3 heteroatoms. The molecule has 29 heavy (non-hydrogen) atoms. The van der Waals surface area contributed by atoms with Gasteiger partial charge in [0, 0.05) is 12.1 Å². The first-order valence-electron chi connectivity index (χ1n) is 11.4. The molecule has 0 aromatic heterocycles. The van der Waals surface area contributed by atoms with E-state index in [0.717, 1.165) is 19.4 Å². The van der Waals surface area contributed by atoms with Crippen LogP contribution in [0.4, 0.5) is 0 Å². The highest BCUT2D eigenvalue weighted by atomic mass is 16.2. The molecule has 1 amide bonds. The van der Waals surface area contributed by atoms with Crippen molar-refractivity contribution in [3.63, 3.8) is 0 Å². The third-order valence-corrected chi connectivity index (χ3v) is 7.69. The molecule has 3 nitrogen and oxygen atoms in total. The van der Waals surface area contributed by atoms with E-state index in [4.69, 9.17) is 0 Å². The number of hydrogen-bond acceptors (Lipinski definition) is 2. The number of nitrogens with one attached hydrogen (secondary N) is 1. The van der Waals surface area contributed by atoms with Crippen molar-refractivity contribution in [3.8, 4) is 0 Å². The van der Waals surface area contributed by atoms with E-state index in [1.54, 1.807) is 0 Å². The van der Waals surface area contributed by atoms with Crippen LogP contribution >= 0.6 is 0 Å². The van der Waals surface area contributed by atoms with Gasteiger partial charge in [0.2, 0.25) is 5.91 Å². The second-order valence-corrected chi connectivity index (χ2v) is 9.31. The third-order valence-electron chi connectivity index (χ3n) is 7.69. The number of carbonyl (C=O) groups is 1. The Morgan fingerprint density at radius 1 is 0.759 bits per heavy atom. The first kappa shape index (κ1) is 18.9. The molecular formula is C26H32N2O. The molecule has 0 radical (unpaired) electrons. The molecule has 2 bridgehead atoms. The number of amides is 1. The Balaban J connectivity index is 1.61. The van der Waals surface area contributed by atoms with Gasteiger partial charge in [-0.3, -0.25) is 9.69 Å². The first-order valence-corrected chi connectivity index (χ1v) is 11.4. The monoisotopic (exact) mass is 388 g/mol. The molecule has 2 atom stereocenters. The Hall–Kier alpha value is -2.13. The molecule has 2 aromatic carbocycles. The molecule has 3 heterocycles. The Morgan fingerprint density at radius 3 is 1.79 bits per heavy atom. The summed E-state index contributed by atoms with van der Waals surface area (Å²) in [5, 5.41) is 3.38. The van der Waals surface area contributed by atoms with Crippen LogP contribution in [0.15, 0.2) is 60.7 Å². The summed E-state index contributed by atoms with van der Waals surface area (Å²) in [6.07, 6.45) is 7.42. The lowest BCUT2D eigenvalue weighted by Crippen LogP contribution is -2.56. The first-order chi connectivity index (χ1) is 14.3. The smallest absolute Gasteiger partial charge is 0.224 e. The van der Waals surface area contributed by atoms with E-state index < -0.39 is 0 Å². The van der Waals surface area contributed by atoms with E-state index in [9.17, 15) is 4.79 Å². The summed E-state index contributed by atoms with van der Waals surface area (Å²) < 4.78 is 0. The summed E-state index contributed by atoms with van der Waals surface area (Å²) >= 11 is 0. The number of nitrogens with zero attached hydrogens (tertiary/aromatic N) is 1. The van der Waals surface area contributed by atoms with Gasteiger partial charge < -0.3 is 5.32 Å². The van der Waals surface area contributed by atoms with E-state index in [-0.39, 0.29) is 29.2 Å². The number of carbonyl (C=O) groups excluding carboxylic acids is 1. The summed E-state index contributed by atoms with van der Waals surface area (Å²) in [7, 11) is 0. The van der Waals surface area contributed by atoms with E-state index in [1.165, 1.54) is 49.9 Å². The van der Waals surface area contributed by atoms with Gasteiger partial charge in [-0.15, -0.1) is 0 Å². The second-order valence-electron chi connectivity index (χ2n) is 9.31. The molecule has 152 valence electrons. The molecule has 4 fully saturated rings. The van der Waals surface area contributed by atoms with Crippen LogP contribution in [0.3, 0.4) is 0 Å². The molecule has 1 aliphatic carbocycles. The Bertz CT molecular complexity index is 777. The normalized spacial score (nSPS) is 33.0. The topological polar surface area (TPSA) is 32.3 Å². The fourth-order valence-electron chi connectivity index (χ4n) is 6.28. The molecule has 6 rings (SSSR count). The summed E-state index contributed by atoms with van der Waals surface area (Å²) in [5.41, 5.74) is 2.72. The van der Waals surface area contributed by atoms with Gasteiger partial charge >= 0.3 is 0 Å². The van der Waals surface area contributed by atoms with Crippen molar-refractivity contribution < 1.29 is 4.79 Å². The Labute approximate surface area is 174 Å². The highest BCUT2D eigenvalue weighted by molar-refractivity contribution is 5.82. The average molecular weight is 389 g/mol. The van der Waals surface area contributed by atoms with Crippen LogP contribution in [-0.2, 0) is 4.79 Å². The fraction of sp³-hybridized carbons (Fsp3) is 0.500. The Kier molecular flexibility index (Phi) is 5.17. The molecule has 1 N–H and O–H groups in total. The number of hydrogen-bond donors (Lipinski definition) is 1. The lowest BCUT2D eigenvalue weighted by Gasteiger charge is -2.51. The SMILES string of the molecule is O=C1NCC2(N3CCCCCC3)CC(c3ccccc3)C1C(c1ccccc1)C2. The van der Waals surface area contributed by atoms with Crippen molar-refractivity contribution in [1.29, 1.82) is 0 Å². The van der Waals surface area contributed by atoms with Crippen LogP contribution in [0.2, 0.25) is 0 Å². The van der Waals surface area contributed by atoms with E-state index in [2.05, 4.69) is 70.9 Å². The van der Waals surface area contributed by atoms with Crippen LogP contribution in [-0.4, -0.2) is 36.0 Å². The van der Waals surface area contributed by atoms with E-state index >= 15 is 0 Å². The molecule has 3 saturated heterocycles. The van der Waals surface area contributed by atoms with Gasteiger partial charge in [-0.1, -0.05) is 73.5 Å². The van der Waals surface area contributed by atoms with Gasteiger partial charge in [-0.25, -0.2) is 0 Å². The van der Waals surface area contributed by atoms with Gasteiger partial charge in [0.25, 0.3) is 0 Å². The molecular weight excluding hydrogens is 356 g/mol. The van der Waals surface area contributed by atoms with Crippen molar-refractivity contribution >= 4 is 5.91 Å². The number of likely N-dealkylation sites (tertiary alicyclic amines) is 1. The van der Waals surface area contributed by atoms with Gasteiger partial charge in [0.05, 0.1) is 5.92 Å². The molecule has 0 spiro atoms. The minimum atomic E-state index is 0.0161. The van der Waals surface area contributed by atoms with Crippen LogP contribution in [0.5, 0.6) is 0 Å². The zero-order valence-electron chi connectivity index (χ0n) is 17.2. The zero-order valence-corrected chi connectivity index (χ0v) is 17.2. The third kappa shape index (κ3) is 3.50. The summed E-state index contributed by atoms with van der Waals surface area (Å²) in [6, 6.07) is 21.6. The maximum atomic E-state index is 13.4. The minimum Gasteiger partial charge on any atom is -0.354 e. The van der Waals surface area contributed by atoms with Crippen molar-refractivity contribution in [1.82, 2.24) is 10.2 Å². The highest BCUT2D eigenvalue weighted by Gasteiger charge is 2.54. The molecule has 3 aliphatic heterocycles. The van der Waals surface area contributed by atoms with Crippen molar-refractivity contribution in [2.45, 2.75) is 55.9 Å². The fourth-order valence-corrected chi connectivity index (χ4v) is 6.28. The summed E-state index contributed by atoms with van der Waals surface area (Å²) in [5.74, 6) is 0.825. The van der Waals surface area contributed by atoms with Gasteiger partial charge in [-0.05, 0) is 61.7 Å². The largest absolute Gasteiger partial charge is 0.354 e. The molecule has 1 saturated carbocycles. The zero-order chi connectivity index (χ0) is 19.7. The van der Waals surface area contributed by atoms with Crippen molar-refractivity contribution in [3.05, 3.63) is 71.8 Å². The minimum absolute atomic E-state index is 0.0161. The maximum Gasteiger partial charge on any atom is 0.224 e.